The summed E-state index contributed by atoms with van der Waals surface area (Å²) in [5.74, 6) is -0.542. The predicted octanol–water partition coefficient (Wildman–Crippen LogP) is 2.55. The van der Waals surface area contributed by atoms with Gasteiger partial charge in [0, 0.05) is 0 Å². The fourth-order valence-corrected chi connectivity index (χ4v) is 2.42. The van der Waals surface area contributed by atoms with Crippen LogP contribution in [0.3, 0.4) is 0 Å². The lowest BCUT2D eigenvalue weighted by Gasteiger charge is -2.38. The van der Waals surface area contributed by atoms with Crippen molar-refractivity contribution >= 4 is 12.2 Å². The van der Waals surface area contributed by atoms with Crippen LogP contribution in [0.2, 0.25) is 0 Å². The van der Waals surface area contributed by atoms with Gasteiger partial charge in [-0.15, -0.1) is 0 Å². The van der Waals surface area contributed by atoms with Gasteiger partial charge in [0.25, 0.3) is 0 Å². The quantitative estimate of drug-likeness (QED) is 0.668. The number of carbonyl (C=O) groups is 1. The van der Waals surface area contributed by atoms with Crippen LogP contribution in [0.1, 0.15) is 40.0 Å². The van der Waals surface area contributed by atoms with E-state index < -0.39 is 11.4 Å². The van der Waals surface area contributed by atoms with E-state index >= 15 is 0 Å². The molecule has 2 N–H and O–H groups in total. The van der Waals surface area contributed by atoms with Crippen LogP contribution in [-0.2, 0) is 4.79 Å². The maximum atomic E-state index is 11.4. The second kappa shape index (κ2) is 3.37. The summed E-state index contributed by atoms with van der Waals surface area (Å²) in [6, 6.07) is 0. The molecular weight excluding hydrogens is 178 g/mol. The highest BCUT2D eigenvalue weighted by Crippen LogP contribution is 2.52. The van der Waals surface area contributed by atoms with Crippen molar-refractivity contribution in [2.45, 2.75) is 40.0 Å². The molecule has 0 spiro atoms. The van der Waals surface area contributed by atoms with Gasteiger partial charge >= 0.3 is 5.97 Å². The predicted molar refractivity (Wildman–Crippen MR) is 55.6 cm³/mol. The van der Waals surface area contributed by atoms with Gasteiger partial charge in [-0.1, -0.05) is 20.8 Å². The van der Waals surface area contributed by atoms with E-state index in [9.17, 15) is 9.90 Å². The Hall–Kier alpha value is -0.860. The van der Waals surface area contributed by atoms with Crippen LogP contribution in [0.4, 0.5) is 0 Å². The number of aliphatic carboxylic acids is 1. The topological polar surface area (TPSA) is 61.1 Å². The van der Waals surface area contributed by atoms with E-state index in [0.29, 0.717) is 12.8 Å². The minimum Gasteiger partial charge on any atom is -0.481 e. The SMILES string of the molecule is CC(C)(C)C1(C(=O)O)CCC(C=N)C1. The number of carboxylic acid groups (broad SMARTS) is 1. The zero-order chi connectivity index (χ0) is 11.0. The first-order valence-corrected chi connectivity index (χ1v) is 5.07. The highest BCUT2D eigenvalue weighted by molar-refractivity contribution is 5.77. The number of rotatable bonds is 2. The van der Waals surface area contributed by atoms with Crippen molar-refractivity contribution < 1.29 is 9.90 Å². The monoisotopic (exact) mass is 197 g/mol. The molecule has 1 saturated carbocycles. The van der Waals surface area contributed by atoms with E-state index in [1.165, 1.54) is 6.21 Å². The molecule has 0 radical (unpaired) electrons. The Kier molecular flexibility index (Phi) is 2.70. The molecule has 1 aliphatic rings. The lowest BCUT2D eigenvalue weighted by Crippen LogP contribution is -2.41. The molecule has 0 aromatic heterocycles. The zero-order valence-electron chi connectivity index (χ0n) is 9.13. The molecule has 3 heteroatoms. The molecule has 80 valence electrons. The lowest BCUT2D eigenvalue weighted by molar-refractivity contribution is -0.155. The smallest absolute Gasteiger partial charge is 0.310 e. The normalized spacial score (nSPS) is 32.9. The molecule has 1 rings (SSSR count). The largest absolute Gasteiger partial charge is 0.481 e. The summed E-state index contributed by atoms with van der Waals surface area (Å²) in [6.45, 7) is 5.94. The lowest BCUT2D eigenvalue weighted by atomic mass is 9.65. The van der Waals surface area contributed by atoms with Crippen LogP contribution in [-0.4, -0.2) is 17.3 Å². The third-order valence-electron chi connectivity index (χ3n) is 3.63. The maximum absolute atomic E-state index is 11.4. The molecule has 0 aromatic rings. The summed E-state index contributed by atoms with van der Waals surface area (Å²) in [7, 11) is 0. The van der Waals surface area contributed by atoms with Crippen molar-refractivity contribution in [1.29, 1.82) is 5.41 Å². The summed E-state index contributed by atoms with van der Waals surface area (Å²) in [6.07, 6.45) is 3.56. The molecule has 0 aromatic carbocycles. The summed E-state index contributed by atoms with van der Waals surface area (Å²) in [5.41, 5.74) is -0.855. The van der Waals surface area contributed by atoms with Crippen molar-refractivity contribution in [3.8, 4) is 0 Å². The number of carboxylic acids is 1. The molecule has 3 nitrogen and oxygen atoms in total. The van der Waals surface area contributed by atoms with Crippen molar-refractivity contribution in [2.75, 3.05) is 0 Å². The molecule has 2 atom stereocenters. The molecule has 1 fully saturated rings. The van der Waals surface area contributed by atoms with Gasteiger partial charge in [0.1, 0.15) is 0 Å². The van der Waals surface area contributed by atoms with Crippen molar-refractivity contribution in [2.24, 2.45) is 16.7 Å². The average Bonchev–Trinajstić information content (AvgIpc) is 2.47. The fraction of sp³-hybridized carbons (Fsp3) is 0.818. The van der Waals surface area contributed by atoms with Crippen molar-refractivity contribution in [3.63, 3.8) is 0 Å². The Morgan fingerprint density at radius 1 is 1.57 bits per heavy atom. The van der Waals surface area contributed by atoms with E-state index in [4.69, 9.17) is 5.41 Å². The van der Waals surface area contributed by atoms with E-state index in [0.717, 1.165) is 6.42 Å². The second-order valence-electron chi connectivity index (χ2n) is 5.31. The third-order valence-corrected chi connectivity index (χ3v) is 3.63. The Balaban J connectivity index is 2.98. The minimum atomic E-state index is -0.700. The van der Waals surface area contributed by atoms with Gasteiger partial charge in [-0.3, -0.25) is 4.79 Å². The first kappa shape index (κ1) is 11.2. The number of hydrogen-bond acceptors (Lipinski definition) is 2. The van der Waals surface area contributed by atoms with Crippen LogP contribution in [0.25, 0.3) is 0 Å². The summed E-state index contributed by atoms with van der Waals surface area (Å²) < 4.78 is 0. The highest BCUT2D eigenvalue weighted by Gasteiger charge is 2.52. The van der Waals surface area contributed by atoms with Gasteiger partial charge in [-0.05, 0) is 36.8 Å². The van der Waals surface area contributed by atoms with Gasteiger partial charge < -0.3 is 10.5 Å². The molecular formula is C11H19NO2. The first-order chi connectivity index (χ1) is 6.33. The molecule has 0 bridgehead atoms. The van der Waals surface area contributed by atoms with E-state index in [1.807, 2.05) is 20.8 Å². The molecule has 2 unspecified atom stereocenters. The number of nitrogens with one attached hydrogen (secondary N) is 1. The molecule has 14 heavy (non-hydrogen) atoms. The summed E-state index contributed by atoms with van der Waals surface area (Å²) in [5, 5.41) is 16.5. The molecule has 1 aliphatic carbocycles. The Labute approximate surface area is 85.0 Å². The van der Waals surface area contributed by atoms with E-state index in [2.05, 4.69) is 0 Å². The summed E-state index contributed by atoms with van der Waals surface area (Å²) in [4.78, 5) is 11.4. The van der Waals surface area contributed by atoms with Gasteiger partial charge in [-0.25, -0.2) is 0 Å². The average molecular weight is 197 g/mol. The maximum Gasteiger partial charge on any atom is 0.310 e. The van der Waals surface area contributed by atoms with Crippen LogP contribution >= 0.6 is 0 Å². The molecule has 0 heterocycles. The molecule has 0 aliphatic heterocycles. The Morgan fingerprint density at radius 2 is 2.14 bits per heavy atom. The van der Waals surface area contributed by atoms with Crippen molar-refractivity contribution in [3.05, 3.63) is 0 Å². The first-order valence-electron chi connectivity index (χ1n) is 5.07. The van der Waals surface area contributed by atoms with Gasteiger partial charge in [0.05, 0.1) is 5.41 Å². The Bertz CT molecular complexity index is 255. The second-order valence-corrected chi connectivity index (χ2v) is 5.31. The van der Waals surface area contributed by atoms with Gasteiger partial charge in [-0.2, -0.15) is 0 Å². The Morgan fingerprint density at radius 3 is 2.36 bits per heavy atom. The minimum absolute atomic E-state index is 0.158. The van der Waals surface area contributed by atoms with Crippen LogP contribution in [0, 0.1) is 22.2 Å². The highest BCUT2D eigenvalue weighted by atomic mass is 16.4. The van der Waals surface area contributed by atoms with Crippen LogP contribution in [0.5, 0.6) is 0 Å². The van der Waals surface area contributed by atoms with Crippen molar-refractivity contribution in [1.82, 2.24) is 0 Å². The van der Waals surface area contributed by atoms with Crippen LogP contribution in [0.15, 0.2) is 0 Å². The summed E-state index contributed by atoms with van der Waals surface area (Å²) >= 11 is 0. The van der Waals surface area contributed by atoms with Crippen LogP contribution < -0.4 is 0 Å². The van der Waals surface area contributed by atoms with E-state index in [1.54, 1.807) is 0 Å². The zero-order valence-corrected chi connectivity index (χ0v) is 9.13. The van der Waals surface area contributed by atoms with Gasteiger partial charge in [0.15, 0.2) is 0 Å². The fourth-order valence-electron chi connectivity index (χ4n) is 2.42. The molecule has 0 amide bonds. The van der Waals surface area contributed by atoms with Gasteiger partial charge in [0.2, 0.25) is 0 Å². The standard InChI is InChI=1S/C11H19NO2/c1-10(2,3)11(9(13)14)5-4-8(6-11)7-12/h7-8,12H,4-6H2,1-3H3,(H,13,14). The van der Waals surface area contributed by atoms with E-state index in [-0.39, 0.29) is 11.3 Å². The molecule has 0 saturated heterocycles. The third kappa shape index (κ3) is 1.56. The number of hydrogen-bond donors (Lipinski definition) is 2.